The molecule has 1 rings (SSSR count). The summed E-state index contributed by atoms with van der Waals surface area (Å²) in [5, 5.41) is 0.0162. The summed E-state index contributed by atoms with van der Waals surface area (Å²) in [7, 11) is 0. The van der Waals surface area contributed by atoms with Crippen LogP contribution in [0.25, 0.3) is 0 Å². The van der Waals surface area contributed by atoms with E-state index in [-0.39, 0.29) is 0 Å². The van der Waals surface area contributed by atoms with Crippen LogP contribution in [0.5, 0.6) is 0 Å². The normalized spacial score (nSPS) is 26.3. The third kappa shape index (κ3) is 1.30. The maximum Gasteiger partial charge on any atom is 0.205 e. The maximum atomic E-state index is 12.6. The molecule has 0 amide bonds. The number of aliphatic imine (C=N–C) groups is 1. The molecule has 0 spiro atoms. The van der Waals surface area contributed by atoms with Crippen LogP contribution >= 0.6 is 15.9 Å². The second-order valence-electron chi connectivity index (χ2n) is 1.73. The highest BCUT2D eigenvalue weighted by atomic mass is 79.9. The zero-order valence-corrected chi connectivity index (χ0v) is 6.47. The summed E-state index contributed by atoms with van der Waals surface area (Å²) in [6.07, 6.45) is 3.18. The van der Waals surface area contributed by atoms with Crippen molar-refractivity contribution in [2.24, 2.45) is 4.99 Å². The van der Waals surface area contributed by atoms with Crippen LogP contribution in [-0.4, -0.2) is 16.4 Å². The SMILES string of the molecule is CC1=CC=NC(Br)N1F. The van der Waals surface area contributed by atoms with Crippen molar-refractivity contribution in [1.29, 1.82) is 0 Å². The fourth-order valence-corrected chi connectivity index (χ4v) is 0.979. The summed E-state index contributed by atoms with van der Waals surface area (Å²) in [5.41, 5.74) is 0.562. The van der Waals surface area contributed by atoms with Gasteiger partial charge in [-0.15, -0.1) is 0 Å². The molecule has 0 saturated heterocycles. The molecule has 9 heavy (non-hydrogen) atoms. The molecule has 0 N–H and O–H groups in total. The van der Waals surface area contributed by atoms with Gasteiger partial charge in [0.05, 0.1) is 0 Å². The van der Waals surface area contributed by atoms with Gasteiger partial charge in [0.15, 0.2) is 0 Å². The Morgan fingerprint density at radius 1 is 1.89 bits per heavy atom. The Morgan fingerprint density at radius 2 is 2.56 bits per heavy atom. The standard InChI is InChI=1S/C5H6BrFN2/c1-4-2-3-8-5(6)9(4)7/h2-3,5H,1H3. The van der Waals surface area contributed by atoms with E-state index >= 15 is 0 Å². The first-order valence-electron chi connectivity index (χ1n) is 2.51. The largest absolute Gasteiger partial charge is 0.255 e. The third-order valence-electron chi connectivity index (χ3n) is 1.05. The van der Waals surface area contributed by atoms with Gasteiger partial charge in [0, 0.05) is 11.9 Å². The molecule has 1 aliphatic heterocycles. The number of hydrogen-bond acceptors (Lipinski definition) is 2. The Balaban J connectivity index is 2.73. The first-order chi connectivity index (χ1) is 4.22. The van der Waals surface area contributed by atoms with E-state index in [1.807, 2.05) is 0 Å². The van der Waals surface area contributed by atoms with Crippen LogP contribution < -0.4 is 0 Å². The molecule has 1 aliphatic rings. The summed E-state index contributed by atoms with van der Waals surface area (Å²) < 4.78 is 12.6. The summed E-state index contributed by atoms with van der Waals surface area (Å²) in [4.78, 5) is 3.73. The van der Waals surface area contributed by atoms with Crippen LogP contribution in [0.1, 0.15) is 6.92 Å². The molecule has 0 fully saturated rings. The van der Waals surface area contributed by atoms with Crippen LogP contribution in [0.15, 0.2) is 16.8 Å². The maximum absolute atomic E-state index is 12.6. The molecular weight excluding hydrogens is 187 g/mol. The number of allylic oxidation sites excluding steroid dienone is 2. The van der Waals surface area contributed by atoms with Gasteiger partial charge in [0.2, 0.25) is 5.08 Å². The Labute approximate surface area is 61.1 Å². The van der Waals surface area contributed by atoms with Crippen LogP contribution in [0.4, 0.5) is 4.48 Å². The summed E-state index contributed by atoms with van der Waals surface area (Å²) in [5.74, 6) is 0. The van der Waals surface area contributed by atoms with Gasteiger partial charge < -0.3 is 0 Å². The lowest BCUT2D eigenvalue weighted by molar-refractivity contribution is 0.0614. The quantitative estimate of drug-likeness (QED) is 0.325. The van der Waals surface area contributed by atoms with Crippen molar-refractivity contribution in [3.63, 3.8) is 0 Å². The van der Waals surface area contributed by atoms with E-state index in [0.717, 1.165) is 0 Å². The van der Waals surface area contributed by atoms with Crippen molar-refractivity contribution in [3.8, 4) is 0 Å². The average Bonchev–Trinajstić information content (AvgIpc) is 1.83. The Hall–Kier alpha value is -0.380. The van der Waals surface area contributed by atoms with Crippen molar-refractivity contribution >= 4 is 22.1 Å². The summed E-state index contributed by atoms with van der Waals surface area (Å²) >= 11 is 3.01. The van der Waals surface area contributed by atoms with Gasteiger partial charge in [-0.3, -0.25) is 4.99 Å². The predicted octanol–water partition coefficient (Wildman–Crippen LogP) is 1.84. The van der Waals surface area contributed by atoms with Crippen molar-refractivity contribution in [3.05, 3.63) is 11.8 Å². The molecular formula is C5H6BrFN2. The molecule has 50 valence electrons. The minimum absolute atomic E-state index is 0.539. The molecule has 0 radical (unpaired) electrons. The highest BCUT2D eigenvalue weighted by Crippen LogP contribution is 2.18. The zero-order valence-electron chi connectivity index (χ0n) is 4.88. The van der Waals surface area contributed by atoms with Gasteiger partial charge in [0.25, 0.3) is 0 Å². The van der Waals surface area contributed by atoms with Crippen LogP contribution in [0.2, 0.25) is 0 Å². The Morgan fingerprint density at radius 3 is 3.00 bits per heavy atom. The summed E-state index contributed by atoms with van der Waals surface area (Å²) in [6.45, 7) is 1.68. The smallest absolute Gasteiger partial charge is 0.205 e. The summed E-state index contributed by atoms with van der Waals surface area (Å²) in [6, 6.07) is 0. The fraction of sp³-hybridized carbons (Fsp3) is 0.400. The van der Waals surface area contributed by atoms with E-state index < -0.39 is 5.08 Å². The lowest BCUT2D eigenvalue weighted by atomic mass is 10.4. The van der Waals surface area contributed by atoms with Crippen molar-refractivity contribution in [1.82, 2.24) is 5.12 Å². The van der Waals surface area contributed by atoms with E-state index in [2.05, 4.69) is 20.9 Å². The van der Waals surface area contributed by atoms with Crippen LogP contribution in [0.3, 0.4) is 0 Å². The molecule has 0 aliphatic carbocycles. The number of nitrogens with zero attached hydrogens (tertiary/aromatic N) is 2. The second-order valence-corrected chi connectivity index (χ2v) is 2.55. The first kappa shape index (κ1) is 6.74. The zero-order chi connectivity index (χ0) is 6.85. The van der Waals surface area contributed by atoms with Crippen molar-refractivity contribution < 1.29 is 4.48 Å². The third-order valence-corrected chi connectivity index (χ3v) is 1.64. The molecule has 0 bridgehead atoms. The molecule has 1 atom stereocenters. The average molecular weight is 193 g/mol. The van der Waals surface area contributed by atoms with Crippen LogP contribution in [-0.2, 0) is 0 Å². The minimum Gasteiger partial charge on any atom is -0.255 e. The molecule has 0 saturated carbocycles. The predicted molar refractivity (Wildman–Crippen MR) is 37.9 cm³/mol. The van der Waals surface area contributed by atoms with Gasteiger partial charge in [-0.05, 0) is 28.9 Å². The van der Waals surface area contributed by atoms with Gasteiger partial charge in [-0.1, -0.05) is 4.48 Å². The van der Waals surface area contributed by atoms with Crippen LogP contribution in [0, 0.1) is 0 Å². The fourth-order valence-electron chi connectivity index (χ4n) is 0.520. The molecule has 1 unspecified atom stereocenters. The Kier molecular flexibility index (Phi) is 1.85. The monoisotopic (exact) mass is 192 g/mol. The number of halogens is 2. The topological polar surface area (TPSA) is 15.6 Å². The number of alkyl halides is 1. The molecule has 0 aromatic carbocycles. The highest BCUT2D eigenvalue weighted by Gasteiger charge is 2.14. The van der Waals surface area contributed by atoms with Crippen molar-refractivity contribution in [2.75, 3.05) is 0 Å². The van der Waals surface area contributed by atoms with E-state index in [1.165, 1.54) is 0 Å². The lowest BCUT2D eigenvalue weighted by Gasteiger charge is -2.18. The van der Waals surface area contributed by atoms with Gasteiger partial charge >= 0.3 is 0 Å². The highest BCUT2D eigenvalue weighted by molar-refractivity contribution is 9.09. The van der Waals surface area contributed by atoms with E-state index in [9.17, 15) is 4.48 Å². The Bertz CT molecular complexity index is 166. The molecule has 2 nitrogen and oxygen atoms in total. The molecule has 1 heterocycles. The molecule has 0 aromatic heterocycles. The first-order valence-corrected chi connectivity index (χ1v) is 3.42. The van der Waals surface area contributed by atoms with Crippen molar-refractivity contribution in [2.45, 2.75) is 12.0 Å². The number of hydrogen-bond donors (Lipinski definition) is 0. The van der Waals surface area contributed by atoms with Gasteiger partial charge in [-0.2, -0.15) is 5.12 Å². The van der Waals surface area contributed by atoms with E-state index in [1.54, 1.807) is 19.2 Å². The van der Waals surface area contributed by atoms with E-state index in [4.69, 9.17) is 0 Å². The molecule has 0 aromatic rings. The second kappa shape index (κ2) is 2.47. The minimum atomic E-state index is -0.539. The lowest BCUT2D eigenvalue weighted by Crippen LogP contribution is -2.21. The van der Waals surface area contributed by atoms with E-state index in [0.29, 0.717) is 10.8 Å². The number of rotatable bonds is 0. The van der Waals surface area contributed by atoms with Gasteiger partial charge in [0.1, 0.15) is 0 Å². The molecule has 4 heteroatoms. The van der Waals surface area contributed by atoms with Gasteiger partial charge in [-0.25, -0.2) is 0 Å².